The molecule has 0 spiro atoms. The molecule has 0 unspecified atom stereocenters. The number of alkyl halides is 3. The topological polar surface area (TPSA) is 81.8 Å². The van der Waals surface area contributed by atoms with E-state index in [1.165, 1.54) is 24.3 Å². The number of aliphatic imine (C=N–C) groups is 1. The number of hydrogen-bond acceptors (Lipinski definition) is 4. The van der Waals surface area contributed by atoms with Gasteiger partial charge in [0.1, 0.15) is 12.4 Å². The van der Waals surface area contributed by atoms with Crippen molar-refractivity contribution in [1.82, 2.24) is 10.3 Å². The smallest absolute Gasteiger partial charge is 0.473 e. The molecule has 0 bridgehead atoms. The van der Waals surface area contributed by atoms with Gasteiger partial charge in [0.25, 0.3) is 0 Å². The molecule has 2 aromatic carbocycles. The summed E-state index contributed by atoms with van der Waals surface area (Å²) < 4.78 is 46.2. The maximum Gasteiger partial charge on any atom is 0.573 e. The lowest BCUT2D eigenvalue weighted by atomic mass is 10.2. The second kappa shape index (κ2) is 12.1. The number of ether oxygens (including phenoxy) is 2. The van der Waals surface area contributed by atoms with Crippen LogP contribution in [0.15, 0.2) is 77.9 Å². The molecular weight excluding hydrogens is 536 g/mol. The van der Waals surface area contributed by atoms with E-state index in [1.807, 2.05) is 36.4 Å². The summed E-state index contributed by atoms with van der Waals surface area (Å²) in [6, 6.07) is 18.9. The van der Waals surface area contributed by atoms with Gasteiger partial charge in [-0.2, -0.15) is 0 Å². The summed E-state index contributed by atoms with van der Waals surface area (Å²) in [4.78, 5) is 8.46. The van der Waals surface area contributed by atoms with Crippen LogP contribution < -0.4 is 20.5 Å². The Morgan fingerprint density at radius 1 is 0.969 bits per heavy atom. The van der Waals surface area contributed by atoms with Crippen molar-refractivity contribution in [2.75, 3.05) is 0 Å². The van der Waals surface area contributed by atoms with E-state index < -0.39 is 6.36 Å². The number of hydrogen-bond donors (Lipinski definition) is 2. The lowest BCUT2D eigenvalue weighted by Gasteiger charge is -2.11. The van der Waals surface area contributed by atoms with E-state index in [1.54, 1.807) is 12.3 Å². The van der Waals surface area contributed by atoms with Crippen LogP contribution in [0, 0.1) is 0 Å². The maximum absolute atomic E-state index is 12.2. The Labute approximate surface area is 200 Å². The van der Waals surface area contributed by atoms with E-state index in [0.717, 1.165) is 11.1 Å². The molecule has 1 heterocycles. The summed E-state index contributed by atoms with van der Waals surface area (Å²) in [6.45, 7) is 0.948. The number of nitrogens with one attached hydrogen (secondary N) is 1. The number of nitrogens with zero attached hydrogens (tertiary/aromatic N) is 2. The quantitative estimate of drug-likeness (QED) is 0.236. The molecule has 6 nitrogen and oxygen atoms in total. The predicted molar refractivity (Wildman–Crippen MR) is 126 cm³/mol. The van der Waals surface area contributed by atoms with Gasteiger partial charge in [0, 0.05) is 18.3 Å². The zero-order valence-electron chi connectivity index (χ0n) is 16.9. The normalized spacial score (nSPS) is 11.4. The highest BCUT2D eigenvalue weighted by atomic mass is 127. The van der Waals surface area contributed by atoms with Crippen LogP contribution in [0.1, 0.15) is 16.7 Å². The number of nitrogens with two attached hydrogens (primary N) is 1. The maximum atomic E-state index is 12.2. The molecule has 3 N–H and O–H groups in total. The van der Waals surface area contributed by atoms with Crippen molar-refractivity contribution in [3.63, 3.8) is 0 Å². The fraction of sp³-hybridized carbons (Fsp3) is 0.182. The van der Waals surface area contributed by atoms with Crippen LogP contribution in [0.3, 0.4) is 0 Å². The minimum absolute atomic E-state index is 0. The van der Waals surface area contributed by atoms with Crippen molar-refractivity contribution in [1.29, 1.82) is 0 Å². The Bertz CT molecular complexity index is 1000. The summed E-state index contributed by atoms with van der Waals surface area (Å²) in [5.41, 5.74) is 8.43. The molecule has 0 radical (unpaired) electrons. The summed E-state index contributed by atoms with van der Waals surface area (Å²) in [5.74, 6) is 0.395. The molecule has 32 heavy (non-hydrogen) atoms. The van der Waals surface area contributed by atoms with E-state index in [4.69, 9.17) is 10.5 Å². The van der Waals surface area contributed by atoms with Crippen LogP contribution in [0.4, 0.5) is 13.2 Å². The first kappa shape index (κ1) is 25.2. The molecular formula is C22H22F3IN4O2. The van der Waals surface area contributed by atoms with Gasteiger partial charge < -0.3 is 20.5 Å². The minimum Gasteiger partial charge on any atom is -0.473 e. The Kier molecular flexibility index (Phi) is 9.57. The van der Waals surface area contributed by atoms with Crippen LogP contribution in [0.2, 0.25) is 0 Å². The number of guanidine groups is 1. The van der Waals surface area contributed by atoms with Gasteiger partial charge in [-0.15, -0.1) is 37.1 Å². The van der Waals surface area contributed by atoms with Crippen molar-refractivity contribution in [3.8, 4) is 11.6 Å². The van der Waals surface area contributed by atoms with Gasteiger partial charge in [-0.05, 0) is 29.3 Å². The number of benzene rings is 2. The van der Waals surface area contributed by atoms with Crippen LogP contribution in [-0.2, 0) is 19.7 Å². The summed E-state index contributed by atoms with van der Waals surface area (Å²) in [7, 11) is 0. The van der Waals surface area contributed by atoms with Gasteiger partial charge in [-0.1, -0.05) is 48.5 Å². The van der Waals surface area contributed by atoms with Crippen molar-refractivity contribution >= 4 is 29.9 Å². The highest BCUT2D eigenvalue weighted by molar-refractivity contribution is 14.0. The number of halogens is 4. The standard InChI is InChI=1S/C22H21F3N4O2.HI/c23-22(24,25)31-19-10-8-16(9-11-19)13-28-21(26)29-14-18-7-4-12-27-20(18)30-15-17-5-2-1-3-6-17;/h1-12H,13-15H2,(H3,26,28,29);1H. The molecule has 1 aromatic heterocycles. The Morgan fingerprint density at radius 2 is 1.69 bits per heavy atom. The molecule has 0 saturated heterocycles. The fourth-order valence-corrected chi connectivity index (χ4v) is 2.63. The highest BCUT2D eigenvalue weighted by Gasteiger charge is 2.30. The first-order valence-electron chi connectivity index (χ1n) is 9.38. The highest BCUT2D eigenvalue weighted by Crippen LogP contribution is 2.23. The first-order chi connectivity index (χ1) is 14.9. The van der Waals surface area contributed by atoms with Gasteiger partial charge in [0.15, 0.2) is 5.96 Å². The number of aromatic nitrogens is 1. The van der Waals surface area contributed by atoms with Crippen molar-refractivity contribution in [3.05, 3.63) is 89.6 Å². The van der Waals surface area contributed by atoms with E-state index in [2.05, 4.69) is 20.0 Å². The molecule has 170 valence electrons. The first-order valence-corrected chi connectivity index (χ1v) is 9.38. The van der Waals surface area contributed by atoms with Gasteiger partial charge in [0.05, 0.1) is 6.54 Å². The van der Waals surface area contributed by atoms with Crippen molar-refractivity contribution in [2.24, 2.45) is 10.7 Å². The van der Waals surface area contributed by atoms with Gasteiger partial charge in [-0.25, -0.2) is 9.98 Å². The molecule has 3 rings (SSSR count). The summed E-state index contributed by atoms with van der Waals surface area (Å²) in [5, 5.41) is 2.98. The average molecular weight is 558 g/mol. The molecule has 0 saturated carbocycles. The molecule has 0 fully saturated rings. The summed E-state index contributed by atoms with van der Waals surface area (Å²) >= 11 is 0. The van der Waals surface area contributed by atoms with Crippen molar-refractivity contribution in [2.45, 2.75) is 26.1 Å². The van der Waals surface area contributed by atoms with Gasteiger partial charge in [-0.3, -0.25) is 0 Å². The van der Waals surface area contributed by atoms with E-state index in [-0.39, 0.29) is 42.2 Å². The van der Waals surface area contributed by atoms with Crippen LogP contribution >= 0.6 is 24.0 Å². The zero-order valence-corrected chi connectivity index (χ0v) is 19.2. The molecule has 0 aliphatic carbocycles. The Morgan fingerprint density at radius 3 is 2.38 bits per heavy atom. The summed E-state index contributed by atoms with van der Waals surface area (Å²) in [6.07, 6.45) is -3.07. The monoisotopic (exact) mass is 558 g/mol. The molecule has 10 heteroatoms. The zero-order chi connectivity index (χ0) is 22.1. The molecule has 0 aliphatic heterocycles. The third kappa shape index (κ3) is 8.61. The average Bonchev–Trinajstić information content (AvgIpc) is 2.76. The lowest BCUT2D eigenvalue weighted by Crippen LogP contribution is -2.31. The van der Waals surface area contributed by atoms with Crippen LogP contribution in [0.5, 0.6) is 11.6 Å². The Balaban J connectivity index is 0.00000363. The van der Waals surface area contributed by atoms with E-state index in [9.17, 15) is 13.2 Å². The van der Waals surface area contributed by atoms with Gasteiger partial charge in [0.2, 0.25) is 5.88 Å². The number of pyridine rings is 1. The second-order valence-electron chi connectivity index (χ2n) is 6.49. The SMILES string of the molecule is I.NC(=NCc1ccc(OC(F)(F)F)cc1)NCc1cccnc1OCc1ccccc1. The second-order valence-corrected chi connectivity index (χ2v) is 6.49. The predicted octanol–water partition coefficient (Wildman–Crippen LogP) is 4.78. The minimum atomic E-state index is -4.72. The third-order valence-electron chi connectivity index (χ3n) is 4.12. The largest absolute Gasteiger partial charge is 0.573 e. The molecule has 0 amide bonds. The van der Waals surface area contributed by atoms with E-state index in [0.29, 0.717) is 24.6 Å². The van der Waals surface area contributed by atoms with E-state index >= 15 is 0 Å². The fourth-order valence-electron chi connectivity index (χ4n) is 2.63. The molecule has 0 atom stereocenters. The van der Waals surface area contributed by atoms with Crippen LogP contribution in [-0.4, -0.2) is 17.3 Å². The Hall–Kier alpha value is -3.02. The number of rotatable bonds is 8. The van der Waals surface area contributed by atoms with Crippen molar-refractivity contribution < 1.29 is 22.6 Å². The van der Waals surface area contributed by atoms with Crippen LogP contribution in [0.25, 0.3) is 0 Å². The molecule has 3 aromatic rings. The lowest BCUT2D eigenvalue weighted by molar-refractivity contribution is -0.274. The van der Waals surface area contributed by atoms with Gasteiger partial charge >= 0.3 is 6.36 Å². The molecule has 0 aliphatic rings. The third-order valence-corrected chi connectivity index (χ3v) is 4.12.